The van der Waals surface area contributed by atoms with E-state index in [1.54, 1.807) is 43.4 Å². The van der Waals surface area contributed by atoms with E-state index in [1.807, 2.05) is 0 Å². The Morgan fingerprint density at radius 2 is 1.89 bits per heavy atom. The summed E-state index contributed by atoms with van der Waals surface area (Å²) in [7, 11) is -1.72. The number of nitrogens with zero attached hydrogens (tertiary/aromatic N) is 2. The van der Waals surface area contributed by atoms with Crippen LogP contribution in [0.2, 0.25) is 0 Å². The molecule has 0 saturated carbocycles. The van der Waals surface area contributed by atoms with Gasteiger partial charge in [-0.3, -0.25) is 14.2 Å². The molecule has 0 fully saturated rings. The van der Waals surface area contributed by atoms with Gasteiger partial charge < -0.3 is 5.32 Å². The number of carbonyl (C=O) groups is 1. The highest BCUT2D eigenvalue weighted by molar-refractivity contribution is 7.90. The third kappa shape index (κ3) is 4.22. The number of nitrogens with one attached hydrogen (secondary N) is 1. The SMILES string of the molecule is Cn1c(CCC(=O)Nc2cccc(S(C)(=O)=O)c2)nc2ccccc2c1=O. The first kappa shape index (κ1) is 18.8. The van der Waals surface area contributed by atoms with Crippen molar-refractivity contribution in [2.45, 2.75) is 17.7 Å². The maximum atomic E-state index is 12.4. The van der Waals surface area contributed by atoms with Crippen LogP contribution in [0.25, 0.3) is 10.9 Å². The van der Waals surface area contributed by atoms with E-state index in [1.165, 1.54) is 16.7 Å². The van der Waals surface area contributed by atoms with Crippen LogP contribution in [-0.4, -0.2) is 30.1 Å². The van der Waals surface area contributed by atoms with Crippen molar-refractivity contribution in [3.8, 4) is 0 Å². The molecule has 0 unspecified atom stereocenters. The molecule has 0 aliphatic heterocycles. The molecule has 7 nitrogen and oxygen atoms in total. The molecule has 27 heavy (non-hydrogen) atoms. The van der Waals surface area contributed by atoms with Crippen molar-refractivity contribution in [1.29, 1.82) is 0 Å². The van der Waals surface area contributed by atoms with Gasteiger partial charge in [-0.05, 0) is 30.3 Å². The number of aromatic nitrogens is 2. The second-order valence-corrected chi connectivity index (χ2v) is 8.27. The summed E-state index contributed by atoms with van der Waals surface area (Å²) >= 11 is 0. The summed E-state index contributed by atoms with van der Waals surface area (Å²) in [5.74, 6) is 0.224. The fourth-order valence-electron chi connectivity index (χ4n) is 2.74. The Morgan fingerprint density at radius 1 is 1.15 bits per heavy atom. The van der Waals surface area contributed by atoms with E-state index in [9.17, 15) is 18.0 Å². The minimum atomic E-state index is -3.35. The number of fused-ring (bicyclic) bond motifs is 1. The van der Waals surface area contributed by atoms with Crippen LogP contribution in [0.3, 0.4) is 0 Å². The number of carbonyl (C=O) groups excluding carboxylic acids is 1. The highest BCUT2D eigenvalue weighted by atomic mass is 32.2. The number of para-hydroxylation sites is 1. The number of anilines is 1. The number of hydrogen-bond donors (Lipinski definition) is 1. The summed E-state index contributed by atoms with van der Waals surface area (Å²) in [5, 5.41) is 3.21. The average molecular weight is 385 g/mol. The Hall–Kier alpha value is -3.00. The quantitative estimate of drug-likeness (QED) is 0.723. The van der Waals surface area contributed by atoms with Crippen LogP contribution in [0, 0.1) is 0 Å². The van der Waals surface area contributed by atoms with Gasteiger partial charge >= 0.3 is 0 Å². The van der Waals surface area contributed by atoms with Crippen LogP contribution < -0.4 is 10.9 Å². The minimum absolute atomic E-state index is 0.113. The fraction of sp³-hybridized carbons (Fsp3) is 0.211. The summed E-state index contributed by atoms with van der Waals surface area (Å²) in [6, 6.07) is 13.1. The summed E-state index contributed by atoms with van der Waals surface area (Å²) in [6.45, 7) is 0. The van der Waals surface area contributed by atoms with E-state index in [0.29, 0.717) is 22.4 Å². The van der Waals surface area contributed by atoms with Crippen molar-refractivity contribution in [3.63, 3.8) is 0 Å². The monoisotopic (exact) mass is 385 g/mol. The van der Waals surface area contributed by atoms with Crippen LogP contribution in [0.5, 0.6) is 0 Å². The van der Waals surface area contributed by atoms with Gasteiger partial charge in [-0.2, -0.15) is 0 Å². The molecule has 1 N–H and O–H groups in total. The molecule has 140 valence electrons. The first-order valence-electron chi connectivity index (χ1n) is 8.30. The first-order chi connectivity index (χ1) is 12.8. The van der Waals surface area contributed by atoms with Crippen molar-refractivity contribution < 1.29 is 13.2 Å². The normalized spacial score (nSPS) is 11.5. The maximum absolute atomic E-state index is 12.4. The maximum Gasteiger partial charge on any atom is 0.261 e. The van der Waals surface area contributed by atoms with Crippen LogP contribution in [0.4, 0.5) is 5.69 Å². The van der Waals surface area contributed by atoms with Gasteiger partial charge in [0.2, 0.25) is 5.91 Å². The number of amides is 1. The van der Waals surface area contributed by atoms with Crippen molar-refractivity contribution >= 4 is 32.3 Å². The molecule has 0 aliphatic rings. The third-order valence-electron chi connectivity index (χ3n) is 4.20. The second kappa shape index (κ2) is 7.32. The zero-order chi connectivity index (χ0) is 19.6. The summed E-state index contributed by atoms with van der Waals surface area (Å²) < 4.78 is 24.7. The van der Waals surface area contributed by atoms with E-state index in [-0.39, 0.29) is 29.2 Å². The standard InChI is InChI=1S/C19H19N3O4S/c1-22-17(21-16-9-4-3-8-15(16)19(22)24)10-11-18(23)20-13-6-5-7-14(12-13)27(2,25)26/h3-9,12H,10-11H2,1-2H3,(H,20,23). The molecule has 3 rings (SSSR count). The molecular weight excluding hydrogens is 366 g/mol. The van der Waals surface area contributed by atoms with E-state index in [2.05, 4.69) is 10.3 Å². The lowest BCUT2D eigenvalue weighted by Crippen LogP contribution is -2.23. The van der Waals surface area contributed by atoms with Crippen LogP contribution in [0.15, 0.2) is 58.2 Å². The minimum Gasteiger partial charge on any atom is -0.326 e. The van der Waals surface area contributed by atoms with E-state index in [4.69, 9.17) is 0 Å². The summed E-state index contributed by atoms with van der Waals surface area (Å²) in [6.07, 6.45) is 1.51. The lowest BCUT2D eigenvalue weighted by molar-refractivity contribution is -0.116. The van der Waals surface area contributed by atoms with Gasteiger partial charge in [0.25, 0.3) is 5.56 Å². The topological polar surface area (TPSA) is 98.1 Å². The molecule has 0 bridgehead atoms. The lowest BCUT2D eigenvalue weighted by Gasteiger charge is -2.10. The lowest BCUT2D eigenvalue weighted by atomic mass is 10.2. The average Bonchev–Trinajstić information content (AvgIpc) is 2.63. The zero-order valence-electron chi connectivity index (χ0n) is 15.0. The molecule has 0 spiro atoms. The largest absolute Gasteiger partial charge is 0.326 e. The third-order valence-corrected chi connectivity index (χ3v) is 5.31. The zero-order valence-corrected chi connectivity index (χ0v) is 15.8. The first-order valence-corrected chi connectivity index (χ1v) is 10.2. The van der Waals surface area contributed by atoms with Crippen molar-refractivity contribution in [1.82, 2.24) is 9.55 Å². The number of benzene rings is 2. The van der Waals surface area contributed by atoms with Crippen molar-refractivity contribution in [3.05, 3.63) is 64.7 Å². The predicted molar refractivity (Wildman–Crippen MR) is 103 cm³/mol. The molecule has 2 aromatic carbocycles. The van der Waals surface area contributed by atoms with Crippen molar-refractivity contribution in [2.75, 3.05) is 11.6 Å². The number of sulfone groups is 1. The number of hydrogen-bond acceptors (Lipinski definition) is 5. The summed E-state index contributed by atoms with van der Waals surface area (Å²) in [4.78, 5) is 29.2. The molecule has 1 heterocycles. The van der Waals surface area contributed by atoms with Gasteiger partial charge in [-0.15, -0.1) is 0 Å². The second-order valence-electron chi connectivity index (χ2n) is 6.26. The van der Waals surface area contributed by atoms with Crippen LogP contribution in [0.1, 0.15) is 12.2 Å². The smallest absolute Gasteiger partial charge is 0.261 e. The Kier molecular flexibility index (Phi) is 5.09. The molecule has 0 atom stereocenters. The van der Waals surface area contributed by atoms with E-state index < -0.39 is 9.84 Å². The molecule has 0 saturated heterocycles. The Balaban J connectivity index is 1.74. The molecule has 0 radical (unpaired) electrons. The molecule has 1 amide bonds. The highest BCUT2D eigenvalue weighted by Gasteiger charge is 2.12. The predicted octanol–water partition coefficient (Wildman–Crippen LogP) is 1.91. The molecule has 1 aromatic heterocycles. The highest BCUT2D eigenvalue weighted by Crippen LogP contribution is 2.16. The van der Waals surface area contributed by atoms with Crippen LogP contribution in [-0.2, 0) is 28.1 Å². The molecule has 0 aliphatic carbocycles. The van der Waals surface area contributed by atoms with Gasteiger partial charge in [0.05, 0.1) is 15.8 Å². The van der Waals surface area contributed by atoms with Crippen molar-refractivity contribution in [2.24, 2.45) is 7.05 Å². The molecule has 8 heteroatoms. The Labute approximate surface area is 156 Å². The van der Waals surface area contributed by atoms with E-state index in [0.717, 1.165) is 6.26 Å². The Bertz CT molecular complexity index is 1180. The number of rotatable bonds is 5. The van der Waals surface area contributed by atoms with Gasteiger partial charge in [-0.25, -0.2) is 13.4 Å². The van der Waals surface area contributed by atoms with Gasteiger partial charge in [0, 0.05) is 31.8 Å². The molecule has 3 aromatic rings. The van der Waals surface area contributed by atoms with Gasteiger partial charge in [0.15, 0.2) is 9.84 Å². The fourth-order valence-corrected chi connectivity index (χ4v) is 3.41. The Morgan fingerprint density at radius 3 is 2.63 bits per heavy atom. The molecular formula is C19H19N3O4S. The van der Waals surface area contributed by atoms with Gasteiger partial charge in [0.1, 0.15) is 5.82 Å². The summed E-state index contributed by atoms with van der Waals surface area (Å²) in [5.41, 5.74) is 0.844. The van der Waals surface area contributed by atoms with E-state index >= 15 is 0 Å². The van der Waals surface area contributed by atoms with Gasteiger partial charge in [-0.1, -0.05) is 18.2 Å². The number of aryl methyl sites for hydroxylation is 1. The van der Waals surface area contributed by atoms with Crippen LogP contribution >= 0.6 is 0 Å².